The van der Waals surface area contributed by atoms with Crippen LogP contribution in [-0.2, 0) is 5.54 Å². The second kappa shape index (κ2) is 7.99. The lowest BCUT2D eigenvalue weighted by Crippen LogP contribution is -2.41. The molecule has 1 unspecified atom stereocenters. The van der Waals surface area contributed by atoms with E-state index in [1.807, 2.05) is 49.7 Å². The molecule has 1 amide bonds. The molecule has 1 saturated carbocycles. The predicted octanol–water partition coefficient (Wildman–Crippen LogP) is 3.85. The van der Waals surface area contributed by atoms with Crippen LogP contribution in [0, 0.1) is 5.92 Å². The third-order valence-corrected chi connectivity index (χ3v) is 4.87. The molecule has 142 valence electrons. The van der Waals surface area contributed by atoms with Crippen molar-refractivity contribution >= 4 is 29.9 Å². The molecule has 1 fully saturated rings. The van der Waals surface area contributed by atoms with E-state index in [0.29, 0.717) is 28.7 Å². The van der Waals surface area contributed by atoms with Gasteiger partial charge in [0.2, 0.25) is 0 Å². The van der Waals surface area contributed by atoms with Crippen molar-refractivity contribution in [3.63, 3.8) is 0 Å². The van der Waals surface area contributed by atoms with Gasteiger partial charge in [-0.1, -0.05) is 29.8 Å². The Morgan fingerprint density at radius 2 is 2.04 bits per heavy atom. The third-order valence-electron chi connectivity index (χ3n) is 4.54. The van der Waals surface area contributed by atoms with Crippen LogP contribution in [0.25, 0.3) is 11.3 Å². The van der Waals surface area contributed by atoms with E-state index >= 15 is 0 Å². The van der Waals surface area contributed by atoms with Crippen molar-refractivity contribution in [2.45, 2.75) is 45.2 Å². The summed E-state index contributed by atoms with van der Waals surface area (Å²) < 4.78 is 1.81. The normalized spacial score (nSPS) is 15.3. The quantitative estimate of drug-likeness (QED) is 0.805. The van der Waals surface area contributed by atoms with Crippen molar-refractivity contribution in [1.29, 1.82) is 0 Å². The average Bonchev–Trinajstić information content (AvgIpc) is 3.29. The predicted molar refractivity (Wildman–Crippen MR) is 108 cm³/mol. The Balaban J connectivity index is 0.00000243. The van der Waals surface area contributed by atoms with Gasteiger partial charge in [0.15, 0.2) is 0 Å². The van der Waals surface area contributed by atoms with Crippen molar-refractivity contribution in [2.24, 2.45) is 11.7 Å². The molecular weight excluding hydrogens is 371 g/mol. The zero-order chi connectivity index (χ0) is 18.2. The number of hydrogen-bond acceptors (Lipinski definition) is 3. The molecule has 7 heteroatoms. The first-order valence-corrected chi connectivity index (χ1v) is 9.05. The number of nitrogens with zero attached hydrogens (tertiary/aromatic N) is 2. The molecule has 0 aliphatic heterocycles. The summed E-state index contributed by atoms with van der Waals surface area (Å²) in [6.45, 7) is 6.59. The molecule has 26 heavy (non-hydrogen) atoms. The monoisotopic (exact) mass is 396 g/mol. The van der Waals surface area contributed by atoms with Crippen molar-refractivity contribution in [3.8, 4) is 11.3 Å². The molecular formula is C19H26Cl2N4O. The number of halogens is 2. The van der Waals surface area contributed by atoms with Gasteiger partial charge in [-0.05, 0) is 45.6 Å². The Morgan fingerprint density at radius 3 is 2.58 bits per heavy atom. The highest BCUT2D eigenvalue weighted by molar-refractivity contribution is 6.33. The maximum Gasteiger partial charge on any atom is 0.255 e. The molecule has 3 rings (SSSR count). The highest BCUT2D eigenvalue weighted by Gasteiger charge is 2.32. The summed E-state index contributed by atoms with van der Waals surface area (Å²) in [6.07, 6.45) is 4.05. The van der Waals surface area contributed by atoms with Crippen LogP contribution in [0.1, 0.15) is 44.0 Å². The number of nitrogens with two attached hydrogens (primary N) is 1. The number of rotatable bonds is 5. The molecule has 0 spiro atoms. The Labute approximate surface area is 165 Å². The van der Waals surface area contributed by atoms with E-state index in [-0.39, 0.29) is 29.9 Å². The zero-order valence-corrected chi connectivity index (χ0v) is 16.9. The fourth-order valence-electron chi connectivity index (χ4n) is 2.85. The van der Waals surface area contributed by atoms with E-state index in [1.165, 1.54) is 0 Å². The Hall–Kier alpha value is -1.56. The maximum atomic E-state index is 12.9. The number of nitrogens with one attached hydrogen (secondary N) is 1. The Kier molecular flexibility index (Phi) is 6.37. The van der Waals surface area contributed by atoms with Gasteiger partial charge in [-0.3, -0.25) is 9.48 Å². The van der Waals surface area contributed by atoms with Crippen LogP contribution in [0.2, 0.25) is 5.02 Å². The van der Waals surface area contributed by atoms with Gasteiger partial charge in [-0.15, -0.1) is 12.4 Å². The summed E-state index contributed by atoms with van der Waals surface area (Å²) >= 11 is 6.35. The van der Waals surface area contributed by atoms with Crippen LogP contribution in [-0.4, -0.2) is 28.3 Å². The molecule has 1 heterocycles. The lowest BCUT2D eigenvalue weighted by molar-refractivity contribution is 0.0934. The lowest BCUT2D eigenvalue weighted by Gasteiger charge is -2.19. The van der Waals surface area contributed by atoms with Gasteiger partial charge in [-0.25, -0.2) is 0 Å². The van der Waals surface area contributed by atoms with Gasteiger partial charge < -0.3 is 11.1 Å². The second-order valence-corrected chi connectivity index (χ2v) is 8.05. The SMILES string of the molecule is CC(C)(C)n1cc(C(=O)NC(CN)C2CC2)c(-c2ccccc2Cl)n1.Cl. The van der Waals surface area contributed by atoms with Gasteiger partial charge in [0.25, 0.3) is 5.91 Å². The van der Waals surface area contributed by atoms with Crippen LogP contribution < -0.4 is 11.1 Å². The molecule has 0 saturated heterocycles. The highest BCUT2D eigenvalue weighted by atomic mass is 35.5. The highest BCUT2D eigenvalue weighted by Crippen LogP contribution is 2.33. The summed E-state index contributed by atoms with van der Waals surface area (Å²) in [5.41, 5.74) is 7.48. The molecule has 2 aromatic rings. The molecule has 1 atom stereocenters. The molecule has 1 aromatic heterocycles. The molecule has 1 aliphatic carbocycles. The van der Waals surface area contributed by atoms with E-state index < -0.39 is 0 Å². The third kappa shape index (κ3) is 4.40. The van der Waals surface area contributed by atoms with Gasteiger partial charge >= 0.3 is 0 Å². The van der Waals surface area contributed by atoms with E-state index in [2.05, 4.69) is 10.4 Å². The summed E-state index contributed by atoms with van der Waals surface area (Å²) in [6, 6.07) is 7.47. The first-order valence-electron chi connectivity index (χ1n) is 8.67. The number of hydrogen-bond donors (Lipinski definition) is 2. The summed E-state index contributed by atoms with van der Waals surface area (Å²) in [5.74, 6) is 0.350. The minimum Gasteiger partial charge on any atom is -0.348 e. The summed E-state index contributed by atoms with van der Waals surface area (Å²) in [4.78, 5) is 12.9. The number of aromatic nitrogens is 2. The number of carbonyl (C=O) groups is 1. The standard InChI is InChI=1S/C19H25ClN4O.ClH/c1-19(2,3)24-11-14(18(25)22-16(10-21)12-8-9-12)17(23-24)13-6-4-5-7-15(13)20;/h4-7,11-12,16H,8-10,21H2,1-3H3,(H,22,25);1H. The van der Waals surface area contributed by atoms with Crippen LogP contribution in [0.4, 0.5) is 0 Å². The molecule has 5 nitrogen and oxygen atoms in total. The van der Waals surface area contributed by atoms with Crippen molar-refractivity contribution in [1.82, 2.24) is 15.1 Å². The first kappa shape index (κ1) is 20.7. The number of benzene rings is 1. The Bertz CT molecular complexity index is 778. The zero-order valence-electron chi connectivity index (χ0n) is 15.3. The largest absolute Gasteiger partial charge is 0.348 e. The Morgan fingerprint density at radius 1 is 1.38 bits per heavy atom. The van der Waals surface area contributed by atoms with Crippen LogP contribution in [0.5, 0.6) is 0 Å². The minimum atomic E-state index is -0.238. The van der Waals surface area contributed by atoms with Crippen molar-refractivity contribution < 1.29 is 4.79 Å². The molecule has 3 N–H and O–H groups in total. The van der Waals surface area contributed by atoms with Gasteiger partial charge in [0.05, 0.1) is 16.1 Å². The number of amides is 1. The molecule has 1 aliphatic rings. The lowest BCUT2D eigenvalue weighted by atomic mass is 10.1. The van der Waals surface area contributed by atoms with E-state index in [4.69, 9.17) is 17.3 Å². The fourth-order valence-corrected chi connectivity index (χ4v) is 3.08. The van der Waals surface area contributed by atoms with Crippen LogP contribution in [0.3, 0.4) is 0 Å². The summed E-state index contributed by atoms with van der Waals surface area (Å²) in [7, 11) is 0. The van der Waals surface area contributed by atoms with Gasteiger partial charge in [-0.2, -0.15) is 5.10 Å². The molecule has 1 aromatic carbocycles. The second-order valence-electron chi connectivity index (χ2n) is 7.64. The topological polar surface area (TPSA) is 72.9 Å². The summed E-state index contributed by atoms with van der Waals surface area (Å²) in [5, 5.41) is 8.32. The van der Waals surface area contributed by atoms with Crippen LogP contribution in [0.15, 0.2) is 30.5 Å². The average molecular weight is 397 g/mol. The van der Waals surface area contributed by atoms with E-state index in [0.717, 1.165) is 18.4 Å². The van der Waals surface area contributed by atoms with E-state index in [9.17, 15) is 4.79 Å². The maximum absolute atomic E-state index is 12.9. The smallest absolute Gasteiger partial charge is 0.255 e. The van der Waals surface area contributed by atoms with Crippen molar-refractivity contribution in [2.75, 3.05) is 6.54 Å². The number of carbonyl (C=O) groups excluding carboxylic acids is 1. The van der Waals surface area contributed by atoms with Crippen LogP contribution >= 0.6 is 24.0 Å². The first-order chi connectivity index (χ1) is 11.8. The molecule has 0 radical (unpaired) electrons. The fraction of sp³-hybridized carbons (Fsp3) is 0.474. The van der Waals surface area contributed by atoms with E-state index in [1.54, 1.807) is 6.20 Å². The van der Waals surface area contributed by atoms with Crippen molar-refractivity contribution in [3.05, 3.63) is 41.0 Å². The minimum absolute atomic E-state index is 0. The van der Waals surface area contributed by atoms with Gasteiger partial charge in [0, 0.05) is 24.3 Å². The molecule has 0 bridgehead atoms. The van der Waals surface area contributed by atoms with Gasteiger partial charge in [0.1, 0.15) is 5.69 Å².